The Bertz CT molecular complexity index is 478. The topological polar surface area (TPSA) is 84.5 Å². The lowest BCUT2D eigenvalue weighted by atomic mass is 9.96. The van der Waals surface area contributed by atoms with Crippen LogP contribution in [0, 0.1) is 0 Å². The molecule has 0 aliphatic carbocycles. The Hall–Kier alpha value is -2.37. The molecule has 0 bridgehead atoms. The third-order valence-electron chi connectivity index (χ3n) is 2.72. The molecule has 6 heteroatoms. The number of carbonyl (C=O) groups is 3. The molecule has 0 radical (unpaired) electrons. The van der Waals surface area contributed by atoms with E-state index in [1.807, 2.05) is 10.6 Å². The minimum absolute atomic E-state index is 0.118. The lowest BCUT2D eigenvalue weighted by molar-refractivity contribution is -0.151. The Labute approximate surface area is 103 Å². The van der Waals surface area contributed by atoms with Crippen molar-refractivity contribution in [3.8, 4) is 5.75 Å². The lowest BCUT2D eigenvalue weighted by Crippen LogP contribution is -2.68. The zero-order chi connectivity index (χ0) is 13.2. The molecule has 1 aromatic rings. The fourth-order valence-corrected chi connectivity index (χ4v) is 1.72. The molecule has 0 aromatic heterocycles. The SMILES string of the molecule is CCC1(Oc2ccccc2)C(=O)NC(=O)NC1=O. The van der Waals surface area contributed by atoms with E-state index in [0.717, 1.165) is 0 Å². The molecule has 1 aliphatic heterocycles. The van der Waals surface area contributed by atoms with Crippen molar-refractivity contribution in [3.05, 3.63) is 30.3 Å². The van der Waals surface area contributed by atoms with Gasteiger partial charge in [-0.1, -0.05) is 25.1 Å². The predicted octanol–water partition coefficient (Wildman–Crippen LogP) is 0.580. The zero-order valence-corrected chi connectivity index (χ0v) is 9.73. The average molecular weight is 248 g/mol. The van der Waals surface area contributed by atoms with Crippen molar-refractivity contribution in [2.75, 3.05) is 0 Å². The first-order valence-electron chi connectivity index (χ1n) is 5.49. The summed E-state index contributed by atoms with van der Waals surface area (Å²) in [6.07, 6.45) is 0.118. The second-order valence-electron chi connectivity index (χ2n) is 3.83. The normalized spacial score (nSPS) is 17.9. The van der Waals surface area contributed by atoms with Crippen LogP contribution in [0.25, 0.3) is 0 Å². The van der Waals surface area contributed by atoms with Crippen LogP contribution in [0.4, 0.5) is 4.79 Å². The molecular weight excluding hydrogens is 236 g/mol. The molecule has 1 heterocycles. The van der Waals surface area contributed by atoms with Crippen molar-refractivity contribution in [2.24, 2.45) is 0 Å². The number of barbiturate groups is 1. The number of para-hydroxylation sites is 1. The molecule has 0 spiro atoms. The number of urea groups is 1. The van der Waals surface area contributed by atoms with E-state index >= 15 is 0 Å². The smallest absolute Gasteiger partial charge is 0.328 e. The molecule has 0 unspecified atom stereocenters. The number of hydrogen-bond acceptors (Lipinski definition) is 4. The maximum Gasteiger partial charge on any atom is 0.328 e. The molecule has 18 heavy (non-hydrogen) atoms. The fraction of sp³-hybridized carbons (Fsp3) is 0.250. The summed E-state index contributed by atoms with van der Waals surface area (Å²) in [4.78, 5) is 34.7. The Kier molecular flexibility index (Phi) is 3.01. The Morgan fingerprint density at radius 3 is 2.11 bits per heavy atom. The van der Waals surface area contributed by atoms with Gasteiger partial charge in [0.15, 0.2) is 0 Å². The van der Waals surface area contributed by atoms with Crippen molar-refractivity contribution < 1.29 is 19.1 Å². The van der Waals surface area contributed by atoms with Crippen LogP contribution in [0.2, 0.25) is 0 Å². The van der Waals surface area contributed by atoms with Crippen LogP contribution in [-0.2, 0) is 9.59 Å². The summed E-state index contributed by atoms with van der Waals surface area (Å²) in [6, 6.07) is 7.68. The Morgan fingerprint density at radius 2 is 1.61 bits per heavy atom. The standard InChI is InChI=1S/C12H12N2O4/c1-2-12(18-8-6-4-3-5-7-8)9(15)13-11(17)14-10(12)16/h3-7H,2H2,1H3,(H2,13,14,15,16,17). The first kappa shape index (κ1) is 12.1. The van der Waals surface area contributed by atoms with E-state index in [-0.39, 0.29) is 6.42 Å². The minimum atomic E-state index is -1.70. The molecule has 1 aromatic carbocycles. The van der Waals surface area contributed by atoms with Gasteiger partial charge in [-0.15, -0.1) is 0 Å². The summed E-state index contributed by atoms with van der Waals surface area (Å²) in [6.45, 7) is 1.64. The number of carbonyl (C=O) groups excluding carboxylic acids is 3. The summed E-state index contributed by atoms with van der Waals surface area (Å²) >= 11 is 0. The van der Waals surface area contributed by atoms with Gasteiger partial charge in [0.05, 0.1) is 0 Å². The van der Waals surface area contributed by atoms with Crippen LogP contribution in [0.3, 0.4) is 0 Å². The van der Waals surface area contributed by atoms with E-state index in [2.05, 4.69) is 0 Å². The maximum atomic E-state index is 11.9. The van der Waals surface area contributed by atoms with E-state index in [1.165, 1.54) is 0 Å². The summed E-state index contributed by atoms with van der Waals surface area (Å²) in [5.74, 6) is -1.11. The van der Waals surface area contributed by atoms with Gasteiger partial charge in [0.2, 0.25) is 0 Å². The predicted molar refractivity (Wildman–Crippen MR) is 61.8 cm³/mol. The van der Waals surface area contributed by atoms with Gasteiger partial charge in [-0.25, -0.2) is 4.79 Å². The first-order chi connectivity index (χ1) is 8.58. The van der Waals surface area contributed by atoms with Crippen molar-refractivity contribution in [3.63, 3.8) is 0 Å². The van der Waals surface area contributed by atoms with Crippen LogP contribution in [0.1, 0.15) is 13.3 Å². The van der Waals surface area contributed by atoms with Crippen molar-refractivity contribution in [1.82, 2.24) is 10.6 Å². The largest absolute Gasteiger partial charge is 0.467 e. The van der Waals surface area contributed by atoms with Crippen LogP contribution in [0.5, 0.6) is 5.75 Å². The molecular formula is C12H12N2O4. The highest BCUT2D eigenvalue weighted by molar-refractivity contribution is 6.21. The van der Waals surface area contributed by atoms with Gasteiger partial charge in [0, 0.05) is 6.42 Å². The fourth-order valence-electron chi connectivity index (χ4n) is 1.72. The molecule has 0 atom stereocenters. The summed E-state index contributed by atoms with van der Waals surface area (Å²) in [5, 5.41) is 4.07. The number of nitrogens with one attached hydrogen (secondary N) is 2. The molecule has 6 nitrogen and oxygen atoms in total. The van der Waals surface area contributed by atoms with Gasteiger partial charge < -0.3 is 4.74 Å². The van der Waals surface area contributed by atoms with Gasteiger partial charge in [-0.2, -0.15) is 0 Å². The number of imide groups is 2. The van der Waals surface area contributed by atoms with Crippen molar-refractivity contribution in [2.45, 2.75) is 18.9 Å². The number of ether oxygens (including phenoxy) is 1. The molecule has 1 aliphatic rings. The van der Waals surface area contributed by atoms with Gasteiger partial charge in [-0.05, 0) is 12.1 Å². The third-order valence-corrected chi connectivity index (χ3v) is 2.72. The summed E-state index contributed by atoms with van der Waals surface area (Å²) < 4.78 is 5.49. The molecule has 94 valence electrons. The highest BCUT2D eigenvalue weighted by atomic mass is 16.5. The second-order valence-corrected chi connectivity index (χ2v) is 3.83. The zero-order valence-electron chi connectivity index (χ0n) is 9.73. The van der Waals surface area contributed by atoms with Gasteiger partial charge in [0.1, 0.15) is 5.75 Å². The van der Waals surface area contributed by atoms with E-state index in [4.69, 9.17) is 4.74 Å². The molecule has 2 N–H and O–H groups in total. The van der Waals surface area contributed by atoms with E-state index < -0.39 is 23.4 Å². The van der Waals surface area contributed by atoms with E-state index in [0.29, 0.717) is 5.75 Å². The Morgan fingerprint density at radius 1 is 1.06 bits per heavy atom. The van der Waals surface area contributed by atoms with Gasteiger partial charge >= 0.3 is 6.03 Å². The number of rotatable bonds is 3. The van der Waals surface area contributed by atoms with Crippen molar-refractivity contribution in [1.29, 1.82) is 0 Å². The van der Waals surface area contributed by atoms with Crippen LogP contribution >= 0.6 is 0 Å². The number of benzene rings is 1. The highest BCUT2D eigenvalue weighted by Crippen LogP contribution is 2.23. The van der Waals surface area contributed by atoms with Crippen molar-refractivity contribution >= 4 is 17.8 Å². The lowest BCUT2D eigenvalue weighted by Gasteiger charge is -2.33. The van der Waals surface area contributed by atoms with Crippen LogP contribution < -0.4 is 15.4 Å². The second kappa shape index (κ2) is 4.48. The van der Waals surface area contributed by atoms with Gasteiger partial charge in [0.25, 0.3) is 17.4 Å². The van der Waals surface area contributed by atoms with Crippen LogP contribution in [-0.4, -0.2) is 23.4 Å². The first-order valence-corrected chi connectivity index (χ1v) is 5.49. The summed E-state index contributed by atoms with van der Waals surface area (Å²) in [5.41, 5.74) is -1.70. The maximum absolute atomic E-state index is 11.9. The quantitative estimate of drug-likeness (QED) is 0.766. The number of amides is 4. The minimum Gasteiger partial charge on any atom is -0.467 e. The third kappa shape index (κ3) is 1.92. The molecule has 2 rings (SSSR count). The van der Waals surface area contributed by atoms with E-state index in [9.17, 15) is 14.4 Å². The average Bonchev–Trinajstić information content (AvgIpc) is 2.35. The molecule has 1 fully saturated rings. The summed E-state index contributed by atoms with van der Waals surface area (Å²) in [7, 11) is 0. The van der Waals surface area contributed by atoms with E-state index in [1.54, 1.807) is 37.3 Å². The van der Waals surface area contributed by atoms with Crippen LogP contribution in [0.15, 0.2) is 30.3 Å². The molecule has 4 amide bonds. The molecule has 0 saturated carbocycles. The highest BCUT2D eigenvalue weighted by Gasteiger charge is 2.51. The Balaban J connectivity index is 2.33. The number of hydrogen-bond donors (Lipinski definition) is 2. The monoisotopic (exact) mass is 248 g/mol. The molecule has 1 saturated heterocycles. The van der Waals surface area contributed by atoms with Gasteiger partial charge in [-0.3, -0.25) is 20.2 Å².